The summed E-state index contributed by atoms with van der Waals surface area (Å²) >= 11 is 0. The van der Waals surface area contributed by atoms with Gasteiger partial charge in [-0.15, -0.1) is 5.43 Å². The van der Waals surface area contributed by atoms with E-state index in [0.717, 1.165) is 16.9 Å². The van der Waals surface area contributed by atoms with Crippen LogP contribution >= 0.6 is 0 Å². The number of rotatable bonds is 3. The van der Waals surface area contributed by atoms with Crippen molar-refractivity contribution in [1.82, 2.24) is 5.43 Å². The summed E-state index contributed by atoms with van der Waals surface area (Å²) in [4.78, 5) is 16.6. The Bertz CT molecular complexity index is 969. The first-order valence-corrected chi connectivity index (χ1v) is 8.19. The summed E-state index contributed by atoms with van der Waals surface area (Å²) in [6.07, 6.45) is 0. The average molecular weight is 342 g/mol. The van der Waals surface area contributed by atoms with Crippen LogP contribution in [-0.4, -0.2) is 18.9 Å². The Kier molecular flexibility index (Phi) is 4.11. The van der Waals surface area contributed by atoms with Crippen LogP contribution < -0.4 is 10.4 Å². The van der Waals surface area contributed by atoms with Crippen LogP contribution in [0.1, 0.15) is 15.9 Å². The lowest BCUT2D eigenvalue weighted by atomic mass is 10.1. The Hall–Kier alpha value is -3.60. The first-order chi connectivity index (χ1) is 12.8. The number of ether oxygens (including phenoxy) is 1. The van der Waals surface area contributed by atoms with Gasteiger partial charge in [0.05, 0.1) is 29.7 Å². The molecule has 5 nitrogen and oxygen atoms in total. The van der Waals surface area contributed by atoms with Crippen molar-refractivity contribution in [2.75, 3.05) is 12.1 Å². The maximum absolute atomic E-state index is 11.9. The summed E-state index contributed by atoms with van der Waals surface area (Å²) in [7, 11) is 1.37. The summed E-state index contributed by atoms with van der Waals surface area (Å²) in [6, 6.07) is 24.9. The van der Waals surface area contributed by atoms with E-state index in [1.165, 1.54) is 7.11 Å². The van der Waals surface area contributed by atoms with Crippen molar-refractivity contribution in [1.29, 1.82) is 0 Å². The summed E-state index contributed by atoms with van der Waals surface area (Å²) in [6.45, 7) is 0. The minimum absolute atomic E-state index is 0.391. The van der Waals surface area contributed by atoms with Crippen molar-refractivity contribution in [3.63, 3.8) is 0 Å². The van der Waals surface area contributed by atoms with Crippen molar-refractivity contribution in [3.05, 3.63) is 90.0 Å². The molecule has 3 aromatic carbocycles. The molecular formula is C21H16N3O2. The third-order valence-corrected chi connectivity index (χ3v) is 4.08. The van der Waals surface area contributed by atoms with E-state index < -0.39 is 5.97 Å². The zero-order chi connectivity index (χ0) is 17.9. The lowest BCUT2D eigenvalue weighted by molar-refractivity contribution is 0.0601. The van der Waals surface area contributed by atoms with Crippen molar-refractivity contribution < 1.29 is 9.53 Å². The van der Waals surface area contributed by atoms with E-state index in [-0.39, 0.29) is 0 Å². The van der Waals surface area contributed by atoms with Crippen LogP contribution in [0.2, 0.25) is 0 Å². The highest BCUT2D eigenvalue weighted by Crippen LogP contribution is 2.37. The third-order valence-electron chi connectivity index (χ3n) is 4.08. The molecule has 4 rings (SSSR count). The lowest BCUT2D eigenvalue weighted by Crippen LogP contribution is -2.35. The first-order valence-electron chi connectivity index (χ1n) is 8.19. The summed E-state index contributed by atoms with van der Waals surface area (Å²) in [5.41, 5.74) is 8.49. The molecule has 0 atom stereocenters. The fraction of sp³-hybridized carbons (Fsp3) is 0.0476. The van der Waals surface area contributed by atoms with E-state index in [1.807, 2.05) is 71.7 Å². The molecular weight excluding hydrogens is 326 g/mol. The van der Waals surface area contributed by atoms with Crippen LogP contribution in [0.4, 0.5) is 17.1 Å². The molecule has 26 heavy (non-hydrogen) atoms. The van der Waals surface area contributed by atoms with Crippen LogP contribution in [0, 0.1) is 0 Å². The molecule has 0 bridgehead atoms. The number of hydrogen-bond acceptors (Lipinski definition) is 4. The number of para-hydroxylation sites is 1. The number of anilines is 2. The van der Waals surface area contributed by atoms with Crippen molar-refractivity contribution >= 4 is 28.9 Å². The summed E-state index contributed by atoms with van der Waals surface area (Å²) in [5.74, 6) is 0.196. The average Bonchev–Trinajstić information content (AvgIpc) is 2.73. The second-order valence-electron chi connectivity index (χ2n) is 5.74. The van der Waals surface area contributed by atoms with Gasteiger partial charge < -0.3 is 4.74 Å². The minimum atomic E-state index is -0.391. The molecule has 1 heterocycles. The molecule has 0 fully saturated rings. The maximum Gasteiger partial charge on any atom is 0.337 e. The van der Waals surface area contributed by atoms with E-state index in [4.69, 9.17) is 10.2 Å². The molecule has 0 amide bonds. The number of amidine groups is 1. The monoisotopic (exact) mass is 342 g/mol. The second-order valence-corrected chi connectivity index (χ2v) is 5.74. The molecule has 5 heteroatoms. The molecule has 0 aliphatic carbocycles. The van der Waals surface area contributed by atoms with Crippen molar-refractivity contribution in [2.24, 2.45) is 4.99 Å². The predicted molar refractivity (Wildman–Crippen MR) is 101 cm³/mol. The summed E-state index contributed by atoms with van der Waals surface area (Å²) < 4.78 is 4.83. The van der Waals surface area contributed by atoms with Gasteiger partial charge in [0.15, 0.2) is 5.84 Å². The number of hydrogen-bond donors (Lipinski definition) is 0. The number of benzene rings is 3. The van der Waals surface area contributed by atoms with Crippen LogP contribution in [0.25, 0.3) is 0 Å². The number of fused-ring (bicyclic) bond motifs is 1. The topological polar surface area (TPSA) is 56.0 Å². The van der Waals surface area contributed by atoms with Crippen LogP contribution in [0.3, 0.4) is 0 Å². The Morgan fingerprint density at radius 3 is 2.31 bits per heavy atom. The molecule has 0 N–H and O–H groups in total. The summed E-state index contributed by atoms with van der Waals surface area (Å²) in [5, 5.41) is 1.84. The van der Waals surface area contributed by atoms with Crippen molar-refractivity contribution in [2.45, 2.75) is 0 Å². The van der Waals surface area contributed by atoms with Gasteiger partial charge in [0.1, 0.15) is 0 Å². The van der Waals surface area contributed by atoms with Gasteiger partial charge in [-0.3, -0.25) is 0 Å². The van der Waals surface area contributed by atoms with Gasteiger partial charge in [-0.05, 0) is 30.3 Å². The Morgan fingerprint density at radius 1 is 0.923 bits per heavy atom. The number of methoxy groups -OCH3 is 1. The Morgan fingerprint density at radius 2 is 1.62 bits per heavy atom. The number of carbonyl (C=O) groups is 1. The molecule has 0 saturated carbocycles. The molecule has 0 unspecified atom stereocenters. The number of carbonyl (C=O) groups excluding carboxylic acids is 1. The molecule has 0 saturated heterocycles. The number of esters is 1. The molecule has 127 valence electrons. The standard InChI is InChI=1S/C21H16N3O2/c1-26-21(25)16-12-13-19-18(14-16)22-20(15-8-4-2-5-9-15)23-24(19)17-10-6-3-7-11-17/h2-14H,1H3. The third kappa shape index (κ3) is 2.91. The van der Waals surface area contributed by atoms with E-state index in [9.17, 15) is 4.79 Å². The number of aliphatic imine (C=N–C) groups is 1. The fourth-order valence-electron chi connectivity index (χ4n) is 2.80. The maximum atomic E-state index is 11.9. The van der Waals surface area contributed by atoms with E-state index in [0.29, 0.717) is 17.1 Å². The van der Waals surface area contributed by atoms with Gasteiger partial charge in [-0.2, -0.15) is 0 Å². The van der Waals surface area contributed by atoms with Gasteiger partial charge in [-0.25, -0.2) is 14.8 Å². The lowest BCUT2D eigenvalue weighted by Gasteiger charge is -2.29. The highest BCUT2D eigenvalue weighted by atomic mass is 16.5. The molecule has 1 aliphatic rings. The van der Waals surface area contributed by atoms with Gasteiger partial charge in [0, 0.05) is 5.56 Å². The van der Waals surface area contributed by atoms with E-state index in [2.05, 4.69) is 4.99 Å². The smallest absolute Gasteiger partial charge is 0.337 e. The highest BCUT2D eigenvalue weighted by molar-refractivity contribution is 6.05. The largest absolute Gasteiger partial charge is 0.465 e. The SMILES string of the molecule is COC(=O)c1ccc2c(c1)N=C(c1ccccc1)[N]N2c1ccccc1. The molecule has 1 aliphatic heterocycles. The zero-order valence-electron chi connectivity index (χ0n) is 14.2. The predicted octanol–water partition coefficient (Wildman–Crippen LogP) is 4.22. The Labute approximate surface area is 151 Å². The normalized spacial score (nSPS) is 12.7. The van der Waals surface area contributed by atoms with Gasteiger partial charge in [0.25, 0.3) is 0 Å². The van der Waals surface area contributed by atoms with Gasteiger partial charge in [-0.1, -0.05) is 48.5 Å². The molecule has 3 aromatic rings. The second kappa shape index (κ2) is 6.72. The Balaban J connectivity index is 1.85. The van der Waals surface area contributed by atoms with Crippen LogP contribution in [-0.2, 0) is 4.74 Å². The quantitative estimate of drug-likeness (QED) is 0.670. The van der Waals surface area contributed by atoms with E-state index in [1.54, 1.807) is 12.1 Å². The van der Waals surface area contributed by atoms with E-state index >= 15 is 0 Å². The minimum Gasteiger partial charge on any atom is -0.465 e. The molecule has 0 spiro atoms. The fourth-order valence-corrected chi connectivity index (χ4v) is 2.80. The molecule has 1 radical (unpaired) electrons. The van der Waals surface area contributed by atoms with Gasteiger partial charge >= 0.3 is 5.97 Å². The first kappa shape index (κ1) is 15.9. The zero-order valence-corrected chi connectivity index (χ0v) is 14.2. The molecule has 0 aromatic heterocycles. The van der Waals surface area contributed by atoms with Crippen LogP contribution in [0.15, 0.2) is 83.9 Å². The van der Waals surface area contributed by atoms with Crippen LogP contribution in [0.5, 0.6) is 0 Å². The number of nitrogens with zero attached hydrogens (tertiary/aromatic N) is 3. The van der Waals surface area contributed by atoms with Crippen molar-refractivity contribution in [3.8, 4) is 0 Å². The highest BCUT2D eigenvalue weighted by Gasteiger charge is 2.24. The van der Waals surface area contributed by atoms with Gasteiger partial charge in [0.2, 0.25) is 0 Å².